The van der Waals surface area contributed by atoms with E-state index in [1.165, 1.54) is 6.92 Å². The highest BCUT2D eigenvalue weighted by Crippen LogP contribution is 2.80. The molecule has 7 bridgehead atoms. The molecule has 1 N–H and O–H groups in total. The van der Waals surface area contributed by atoms with Gasteiger partial charge in [0.15, 0.2) is 0 Å². The van der Waals surface area contributed by atoms with Crippen molar-refractivity contribution >= 4 is 11.9 Å². The third kappa shape index (κ3) is 3.87. The molecule has 0 amide bonds. The number of rotatable bonds is 10. The summed E-state index contributed by atoms with van der Waals surface area (Å²) in [6.07, 6.45) is 0.142. The normalized spacial score (nSPS) is 46.6. The van der Waals surface area contributed by atoms with Gasteiger partial charge in [-0.1, -0.05) is 6.92 Å². The topological polar surface area (TPSA) is 122 Å². The van der Waals surface area contributed by atoms with Crippen LogP contribution in [-0.4, -0.2) is 119 Å². The molecule has 5 saturated carbocycles. The summed E-state index contributed by atoms with van der Waals surface area (Å²) in [5.41, 5.74) is -3.03. The summed E-state index contributed by atoms with van der Waals surface area (Å²) >= 11 is 0. The third-order valence-corrected chi connectivity index (χ3v) is 13.3. The Kier molecular flexibility index (Phi) is 7.81. The Balaban J connectivity index is 1.46. The average molecular weight is 644 g/mol. The number of carbonyl (C=O) groups is 2. The van der Waals surface area contributed by atoms with E-state index >= 15 is 0 Å². The van der Waals surface area contributed by atoms with Crippen LogP contribution in [-0.2, 0) is 33.2 Å². The zero-order chi connectivity index (χ0) is 32.8. The Labute approximate surface area is 271 Å². The molecule has 0 unspecified atom stereocenters. The van der Waals surface area contributed by atoms with Crippen LogP contribution in [0.5, 0.6) is 5.75 Å². The van der Waals surface area contributed by atoms with Gasteiger partial charge in [-0.3, -0.25) is 9.69 Å². The number of ether oxygens (including phenoxy) is 7. The molecular weight excluding hydrogens is 594 g/mol. The summed E-state index contributed by atoms with van der Waals surface area (Å²) in [7, 11) is 8.44. The van der Waals surface area contributed by atoms with Crippen LogP contribution in [0.4, 0.5) is 0 Å². The molecule has 1 aromatic carbocycles. The molecule has 46 heavy (non-hydrogen) atoms. The molecule has 13 atom stereocenters. The molecule has 254 valence electrons. The van der Waals surface area contributed by atoms with Crippen molar-refractivity contribution in [3.63, 3.8) is 0 Å². The van der Waals surface area contributed by atoms with E-state index in [2.05, 4.69) is 11.8 Å². The minimum atomic E-state index is -1.51. The number of hydrogen-bond donors (Lipinski definition) is 1. The number of hydrogen-bond acceptors (Lipinski definition) is 11. The first kappa shape index (κ1) is 32.3. The number of nitrogens with zero attached hydrogens (tertiary/aromatic N) is 1. The summed E-state index contributed by atoms with van der Waals surface area (Å²) in [6.45, 7) is 5.80. The van der Waals surface area contributed by atoms with Gasteiger partial charge in [0.25, 0.3) is 0 Å². The fourth-order valence-electron chi connectivity index (χ4n) is 12.4. The van der Waals surface area contributed by atoms with Crippen molar-refractivity contribution in [2.45, 2.75) is 81.2 Å². The van der Waals surface area contributed by atoms with Gasteiger partial charge in [-0.15, -0.1) is 0 Å². The maximum atomic E-state index is 13.9. The van der Waals surface area contributed by atoms with Gasteiger partial charge in [0.2, 0.25) is 0 Å². The molecule has 1 aliphatic heterocycles. The quantitative estimate of drug-likeness (QED) is 0.379. The van der Waals surface area contributed by atoms with Crippen LogP contribution in [0.25, 0.3) is 0 Å². The van der Waals surface area contributed by atoms with Gasteiger partial charge in [-0.2, -0.15) is 0 Å². The summed E-state index contributed by atoms with van der Waals surface area (Å²) in [5, 5.41) is 12.8. The third-order valence-electron chi connectivity index (χ3n) is 13.3. The SMILES string of the molecule is CCN1C[C@]2(COC)CC[C@@H](OC)[C@@]34[C@@H]1[C@H]([C@H](OC)[C@H]23)[C@@]1(OC(C)=O)C[C@@H](OC)[C@]2(O)C[C@H]4[C@H]1[C@@H]2OC(=O)c1ccc(OC)cc1. The zero-order valence-corrected chi connectivity index (χ0v) is 28.0. The van der Waals surface area contributed by atoms with Gasteiger partial charge < -0.3 is 38.3 Å². The predicted octanol–water partition coefficient (Wildman–Crippen LogP) is 2.72. The van der Waals surface area contributed by atoms with Crippen LogP contribution in [0.15, 0.2) is 24.3 Å². The van der Waals surface area contributed by atoms with Crippen molar-refractivity contribution in [1.82, 2.24) is 4.90 Å². The van der Waals surface area contributed by atoms with Crippen molar-refractivity contribution in [2.75, 3.05) is 55.2 Å². The Bertz CT molecular complexity index is 1360. The molecule has 5 aliphatic carbocycles. The molecule has 0 aromatic heterocycles. The average Bonchev–Trinajstić information content (AvgIpc) is 3.42. The maximum absolute atomic E-state index is 13.9. The minimum Gasteiger partial charge on any atom is -0.497 e. The number of benzene rings is 1. The fourth-order valence-corrected chi connectivity index (χ4v) is 12.4. The highest BCUT2D eigenvalue weighted by Gasteiger charge is 2.89. The monoisotopic (exact) mass is 643 g/mol. The molecule has 6 fully saturated rings. The number of methoxy groups -OCH3 is 5. The Morgan fingerprint density at radius 2 is 1.70 bits per heavy atom. The first-order valence-electron chi connectivity index (χ1n) is 16.6. The number of fused-ring (bicyclic) bond motifs is 2. The summed E-state index contributed by atoms with van der Waals surface area (Å²) in [6, 6.07) is 6.66. The zero-order valence-electron chi connectivity index (χ0n) is 28.0. The van der Waals surface area contributed by atoms with Crippen LogP contribution < -0.4 is 4.74 Å². The second-order valence-corrected chi connectivity index (χ2v) is 14.6. The van der Waals surface area contributed by atoms with Crippen LogP contribution >= 0.6 is 0 Å². The highest BCUT2D eigenvalue weighted by atomic mass is 16.6. The Morgan fingerprint density at radius 3 is 2.28 bits per heavy atom. The summed E-state index contributed by atoms with van der Waals surface area (Å²) in [5.74, 6) is -1.38. The van der Waals surface area contributed by atoms with E-state index in [-0.39, 0.29) is 47.8 Å². The lowest BCUT2D eigenvalue weighted by Crippen LogP contribution is -2.77. The van der Waals surface area contributed by atoms with Gasteiger partial charge in [0, 0.05) is 83.0 Å². The number of carbonyl (C=O) groups excluding carboxylic acids is 2. The van der Waals surface area contributed by atoms with Crippen molar-refractivity contribution in [1.29, 1.82) is 0 Å². The van der Waals surface area contributed by atoms with Crippen molar-refractivity contribution in [2.24, 2.45) is 34.5 Å². The summed E-state index contributed by atoms with van der Waals surface area (Å²) in [4.78, 5) is 29.7. The molecule has 7 rings (SSSR count). The Morgan fingerprint density at radius 1 is 0.978 bits per heavy atom. The number of esters is 2. The van der Waals surface area contributed by atoms with E-state index in [0.717, 1.165) is 25.9 Å². The lowest BCUT2D eigenvalue weighted by Gasteiger charge is -2.69. The van der Waals surface area contributed by atoms with E-state index in [9.17, 15) is 14.7 Å². The first-order valence-corrected chi connectivity index (χ1v) is 16.6. The van der Waals surface area contributed by atoms with E-state index in [0.29, 0.717) is 24.3 Å². The van der Waals surface area contributed by atoms with Crippen LogP contribution in [0, 0.1) is 34.5 Å². The van der Waals surface area contributed by atoms with Gasteiger partial charge in [0.1, 0.15) is 23.1 Å². The van der Waals surface area contributed by atoms with Crippen molar-refractivity contribution < 1.29 is 47.9 Å². The standard InChI is InChI=1S/C35H49NO10/c1-8-36-17-32(18-40-3)14-13-23(42-5)35-22-15-33(39)24(43-6)16-34(46-19(2)37,26(29(35)36)27(44-7)28(32)35)25(22)30(33)45-31(38)20-9-11-21(41-4)12-10-20/h9-12,22-30,39H,8,13-18H2,1-7H3/t22-,23+,24+,25-,26-,27-,28+,29-,30-,32-,33+,34+,35+/m0/s1. The fraction of sp³-hybridized carbons (Fsp3) is 0.771. The van der Waals surface area contributed by atoms with E-state index in [1.54, 1.807) is 59.8 Å². The Hall–Kier alpha value is -2.28. The number of piperidine rings is 1. The van der Waals surface area contributed by atoms with Crippen molar-refractivity contribution in [3.8, 4) is 5.75 Å². The molecule has 1 heterocycles. The van der Waals surface area contributed by atoms with Crippen LogP contribution in [0.1, 0.15) is 49.9 Å². The lowest BCUT2D eigenvalue weighted by atomic mass is 9.43. The minimum absolute atomic E-state index is 0.00534. The van der Waals surface area contributed by atoms with E-state index < -0.39 is 46.7 Å². The predicted molar refractivity (Wildman–Crippen MR) is 164 cm³/mol. The molecule has 11 heteroatoms. The van der Waals surface area contributed by atoms with Gasteiger partial charge in [0.05, 0.1) is 37.6 Å². The number of aliphatic hydroxyl groups is 1. The maximum Gasteiger partial charge on any atom is 0.338 e. The van der Waals surface area contributed by atoms with Gasteiger partial charge in [-0.25, -0.2) is 4.79 Å². The smallest absolute Gasteiger partial charge is 0.338 e. The second-order valence-electron chi connectivity index (χ2n) is 14.6. The largest absolute Gasteiger partial charge is 0.497 e. The molecule has 1 aromatic rings. The van der Waals surface area contributed by atoms with Crippen molar-refractivity contribution in [3.05, 3.63) is 29.8 Å². The van der Waals surface area contributed by atoms with Gasteiger partial charge in [-0.05, 0) is 56.0 Å². The molecule has 1 saturated heterocycles. The number of likely N-dealkylation sites (tertiary alicyclic amines) is 1. The van der Waals surface area contributed by atoms with Gasteiger partial charge >= 0.3 is 11.9 Å². The van der Waals surface area contributed by atoms with E-state index in [1.807, 2.05) is 0 Å². The van der Waals surface area contributed by atoms with E-state index in [4.69, 9.17) is 33.2 Å². The molecule has 0 radical (unpaired) electrons. The molecule has 11 nitrogen and oxygen atoms in total. The molecule has 6 aliphatic rings. The second kappa shape index (κ2) is 11.1. The molecule has 1 spiro atoms. The summed E-state index contributed by atoms with van der Waals surface area (Å²) < 4.78 is 43.6. The first-order chi connectivity index (χ1) is 22.1. The highest BCUT2D eigenvalue weighted by molar-refractivity contribution is 5.89. The lowest BCUT2D eigenvalue weighted by molar-refractivity contribution is -0.287. The van der Waals surface area contributed by atoms with Crippen LogP contribution in [0.3, 0.4) is 0 Å². The van der Waals surface area contributed by atoms with Crippen LogP contribution in [0.2, 0.25) is 0 Å². The molecular formula is C35H49NO10.